The molecule has 0 spiro atoms. The Balaban J connectivity index is 1.51. The standard InChI is InChI=1S/C16H19NO4S2/c18-23(19,16-4-2-10-22-16)17-11-13-5-7-14(8-6-13)21-12-15-3-1-9-20-15/h2,4-8,10,15,17H,1,3,9,11-12H2/t15-/m1/s1. The molecule has 0 bridgehead atoms. The van der Waals surface area contributed by atoms with Crippen LogP contribution in [-0.4, -0.2) is 27.7 Å². The lowest BCUT2D eigenvalue weighted by Crippen LogP contribution is -2.22. The Morgan fingerprint density at radius 1 is 1.26 bits per heavy atom. The molecule has 2 aromatic rings. The number of hydrogen-bond donors (Lipinski definition) is 1. The summed E-state index contributed by atoms with van der Waals surface area (Å²) in [5.41, 5.74) is 0.884. The zero-order chi connectivity index (χ0) is 16.1. The third-order valence-corrected chi connectivity index (χ3v) is 6.41. The minimum absolute atomic E-state index is 0.187. The molecule has 0 radical (unpaired) electrons. The molecule has 0 amide bonds. The number of nitrogens with one attached hydrogen (secondary N) is 1. The molecule has 2 heterocycles. The van der Waals surface area contributed by atoms with E-state index < -0.39 is 10.0 Å². The van der Waals surface area contributed by atoms with Gasteiger partial charge in [0.1, 0.15) is 16.6 Å². The normalized spacial score (nSPS) is 18.2. The van der Waals surface area contributed by atoms with Crippen molar-refractivity contribution in [1.82, 2.24) is 4.72 Å². The van der Waals surface area contributed by atoms with Crippen molar-refractivity contribution in [3.63, 3.8) is 0 Å². The minimum atomic E-state index is -3.43. The highest BCUT2D eigenvalue weighted by Crippen LogP contribution is 2.18. The van der Waals surface area contributed by atoms with Crippen LogP contribution in [0, 0.1) is 0 Å². The lowest BCUT2D eigenvalue weighted by Gasteiger charge is -2.12. The van der Waals surface area contributed by atoms with Gasteiger partial charge in [-0.05, 0) is 42.0 Å². The molecule has 0 aliphatic carbocycles. The smallest absolute Gasteiger partial charge is 0.250 e. The summed E-state index contributed by atoms with van der Waals surface area (Å²) in [6.45, 7) is 1.63. The second-order valence-corrected chi connectivity index (χ2v) is 8.29. The fourth-order valence-corrected chi connectivity index (χ4v) is 4.39. The zero-order valence-electron chi connectivity index (χ0n) is 12.6. The van der Waals surface area contributed by atoms with Crippen molar-refractivity contribution < 1.29 is 17.9 Å². The Hall–Kier alpha value is -1.41. The molecule has 1 saturated heterocycles. The highest BCUT2D eigenvalue weighted by Gasteiger charge is 2.16. The molecule has 5 nitrogen and oxygen atoms in total. The molecule has 0 saturated carbocycles. The van der Waals surface area contributed by atoms with Crippen LogP contribution in [0.1, 0.15) is 18.4 Å². The summed E-state index contributed by atoms with van der Waals surface area (Å²) >= 11 is 1.20. The predicted molar refractivity (Wildman–Crippen MR) is 89.3 cm³/mol. The fourth-order valence-electron chi connectivity index (χ4n) is 2.33. The number of sulfonamides is 1. The van der Waals surface area contributed by atoms with E-state index in [0.29, 0.717) is 10.8 Å². The Labute approximate surface area is 140 Å². The van der Waals surface area contributed by atoms with Gasteiger partial charge in [-0.25, -0.2) is 13.1 Å². The molecule has 7 heteroatoms. The van der Waals surface area contributed by atoms with Gasteiger partial charge in [0, 0.05) is 13.2 Å². The topological polar surface area (TPSA) is 64.6 Å². The molecule has 23 heavy (non-hydrogen) atoms. The molecule has 1 aliphatic rings. The predicted octanol–water partition coefficient (Wildman–Crippen LogP) is 2.78. The van der Waals surface area contributed by atoms with E-state index in [1.807, 2.05) is 24.3 Å². The monoisotopic (exact) mass is 353 g/mol. The van der Waals surface area contributed by atoms with Crippen molar-refractivity contribution in [1.29, 1.82) is 0 Å². The molecule has 1 N–H and O–H groups in total. The largest absolute Gasteiger partial charge is 0.491 e. The first-order valence-electron chi connectivity index (χ1n) is 7.50. The molecule has 1 atom stereocenters. The summed E-state index contributed by atoms with van der Waals surface area (Å²) < 4.78 is 38.2. The van der Waals surface area contributed by atoms with Gasteiger partial charge >= 0.3 is 0 Å². The maximum Gasteiger partial charge on any atom is 0.250 e. The highest BCUT2D eigenvalue weighted by molar-refractivity contribution is 7.91. The van der Waals surface area contributed by atoms with E-state index in [9.17, 15) is 8.42 Å². The summed E-state index contributed by atoms with van der Waals surface area (Å²) in [5.74, 6) is 0.769. The number of rotatable bonds is 7. The van der Waals surface area contributed by atoms with Crippen LogP contribution >= 0.6 is 11.3 Å². The van der Waals surface area contributed by atoms with Gasteiger partial charge in [0.15, 0.2) is 0 Å². The summed E-state index contributed by atoms with van der Waals surface area (Å²) in [7, 11) is -3.43. The summed E-state index contributed by atoms with van der Waals surface area (Å²) in [6, 6.07) is 10.7. The number of thiophene rings is 1. The summed E-state index contributed by atoms with van der Waals surface area (Å²) in [5, 5.41) is 1.74. The highest BCUT2D eigenvalue weighted by atomic mass is 32.2. The zero-order valence-corrected chi connectivity index (χ0v) is 14.2. The van der Waals surface area contributed by atoms with Gasteiger partial charge in [-0.2, -0.15) is 0 Å². The number of ether oxygens (including phenoxy) is 2. The van der Waals surface area contributed by atoms with Gasteiger partial charge < -0.3 is 9.47 Å². The van der Waals surface area contributed by atoms with Gasteiger partial charge in [-0.15, -0.1) is 11.3 Å². The molecule has 1 aromatic heterocycles. The third kappa shape index (κ3) is 4.54. The van der Waals surface area contributed by atoms with Crippen LogP contribution in [0.5, 0.6) is 5.75 Å². The lowest BCUT2D eigenvalue weighted by atomic mass is 10.2. The maximum absolute atomic E-state index is 12.0. The van der Waals surface area contributed by atoms with Crippen molar-refractivity contribution in [2.24, 2.45) is 0 Å². The van der Waals surface area contributed by atoms with Gasteiger partial charge in [0.25, 0.3) is 0 Å². The van der Waals surface area contributed by atoms with Gasteiger partial charge in [-0.1, -0.05) is 18.2 Å². The van der Waals surface area contributed by atoms with Crippen LogP contribution in [0.25, 0.3) is 0 Å². The number of benzene rings is 1. The molecular formula is C16H19NO4S2. The van der Waals surface area contributed by atoms with Crippen molar-refractivity contribution in [3.05, 3.63) is 47.3 Å². The molecule has 0 unspecified atom stereocenters. The van der Waals surface area contributed by atoms with Crippen molar-refractivity contribution in [2.45, 2.75) is 29.7 Å². The molecular weight excluding hydrogens is 334 g/mol. The van der Waals surface area contributed by atoms with E-state index in [1.54, 1.807) is 17.5 Å². The van der Waals surface area contributed by atoms with Crippen LogP contribution < -0.4 is 9.46 Å². The van der Waals surface area contributed by atoms with E-state index in [1.165, 1.54) is 11.3 Å². The first-order chi connectivity index (χ1) is 11.1. The molecule has 1 aliphatic heterocycles. The molecule has 1 aromatic carbocycles. The fraction of sp³-hybridized carbons (Fsp3) is 0.375. The van der Waals surface area contributed by atoms with Crippen LogP contribution in [0.2, 0.25) is 0 Å². The van der Waals surface area contributed by atoms with E-state index >= 15 is 0 Å². The molecule has 1 fully saturated rings. The van der Waals surface area contributed by atoms with Crippen molar-refractivity contribution in [2.75, 3.05) is 13.2 Å². The van der Waals surface area contributed by atoms with Crippen molar-refractivity contribution >= 4 is 21.4 Å². The first kappa shape index (κ1) is 16.4. The average Bonchev–Trinajstić information content (AvgIpc) is 3.25. The molecule has 3 rings (SSSR count). The third-order valence-electron chi connectivity index (χ3n) is 3.61. The van der Waals surface area contributed by atoms with E-state index in [0.717, 1.165) is 30.8 Å². The SMILES string of the molecule is O=S(=O)(NCc1ccc(OC[C@H]2CCCO2)cc1)c1cccs1. The minimum Gasteiger partial charge on any atom is -0.491 e. The van der Waals surface area contributed by atoms with Crippen molar-refractivity contribution in [3.8, 4) is 5.75 Å². The van der Waals surface area contributed by atoms with Crippen LogP contribution in [0.3, 0.4) is 0 Å². The van der Waals surface area contributed by atoms with Gasteiger partial charge in [0.05, 0.1) is 6.10 Å². The Morgan fingerprint density at radius 2 is 2.09 bits per heavy atom. The van der Waals surface area contributed by atoms with Crippen LogP contribution in [-0.2, 0) is 21.3 Å². The second-order valence-electron chi connectivity index (χ2n) is 5.35. The Bertz CT molecular complexity index is 705. The van der Waals surface area contributed by atoms with Crippen LogP contribution in [0.15, 0.2) is 46.0 Å². The lowest BCUT2D eigenvalue weighted by molar-refractivity contribution is 0.0679. The van der Waals surface area contributed by atoms with Gasteiger partial charge in [-0.3, -0.25) is 0 Å². The quantitative estimate of drug-likeness (QED) is 0.831. The number of hydrogen-bond acceptors (Lipinski definition) is 5. The Morgan fingerprint density at radius 3 is 2.74 bits per heavy atom. The average molecular weight is 353 g/mol. The van der Waals surface area contributed by atoms with E-state index in [-0.39, 0.29) is 12.6 Å². The second kappa shape index (κ2) is 7.44. The summed E-state index contributed by atoms with van der Waals surface area (Å²) in [4.78, 5) is 0. The van der Waals surface area contributed by atoms with Gasteiger partial charge in [0.2, 0.25) is 10.0 Å². The first-order valence-corrected chi connectivity index (χ1v) is 9.86. The van der Waals surface area contributed by atoms with Crippen LogP contribution in [0.4, 0.5) is 0 Å². The van der Waals surface area contributed by atoms with E-state index in [2.05, 4.69) is 4.72 Å². The summed E-state index contributed by atoms with van der Waals surface area (Å²) in [6.07, 6.45) is 2.33. The molecule has 124 valence electrons. The maximum atomic E-state index is 12.0. The van der Waals surface area contributed by atoms with E-state index in [4.69, 9.17) is 9.47 Å². The Kier molecular flexibility index (Phi) is 5.32.